The number of piperidine rings is 1. The van der Waals surface area contributed by atoms with Crippen molar-refractivity contribution in [3.8, 4) is 5.75 Å². The second-order valence-electron chi connectivity index (χ2n) is 8.65. The number of esters is 1. The Morgan fingerprint density at radius 3 is 2.72 bits per heavy atom. The summed E-state index contributed by atoms with van der Waals surface area (Å²) in [5.74, 6) is 2.18. The molecule has 4 rings (SSSR count). The molecule has 1 aromatic carbocycles. The third-order valence-electron chi connectivity index (χ3n) is 6.40. The topological polar surface area (TPSA) is 58.1 Å². The molecule has 32 heavy (non-hydrogen) atoms. The number of carbonyl (C=O) groups excluding carboxylic acids is 1. The number of aromatic nitrogens is 1. The number of hydrogen-bond acceptors (Lipinski definition) is 7. The summed E-state index contributed by atoms with van der Waals surface area (Å²) in [5.41, 5.74) is 0.520. The maximum absolute atomic E-state index is 11.7. The van der Waals surface area contributed by atoms with Crippen LogP contribution in [0.5, 0.6) is 5.75 Å². The molecule has 0 aliphatic carbocycles. The number of benzene rings is 1. The van der Waals surface area contributed by atoms with Crippen molar-refractivity contribution in [1.82, 2.24) is 14.8 Å². The molecule has 1 atom stereocenters. The zero-order valence-corrected chi connectivity index (χ0v) is 19.0. The fourth-order valence-corrected chi connectivity index (χ4v) is 4.69. The van der Waals surface area contributed by atoms with Gasteiger partial charge in [0, 0.05) is 52.0 Å². The van der Waals surface area contributed by atoms with Gasteiger partial charge in [0.2, 0.25) is 0 Å². The Bertz CT molecular complexity index is 855. The van der Waals surface area contributed by atoms with E-state index >= 15 is 0 Å². The number of piperazine rings is 1. The highest BCUT2D eigenvalue weighted by Gasteiger charge is 2.24. The minimum absolute atomic E-state index is 0.338. The van der Waals surface area contributed by atoms with Crippen LogP contribution in [0, 0.1) is 5.92 Å². The van der Waals surface area contributed by atoms with E-state index in [-0.39, 0.29) is 5.97 Å². The van der Waals surface area contributed by atoms with Crippen molar-refractivity contribution in [2.24, 2.45) is 5.92 Å². The smallest absolute Gasteiger partial charge is 0.337 e. The number of likely N-dealkylation sites (tertiary alicyclic amines) is 1. The lowest BCUT2D eigenvalue weighted by Crippen LogP contribution is -2.50. The van der Waals surface area contributed by atoms with E-state index in [2.05, 4.69) is 31.8 Å². The number of nitrogens with zero attached hydrogens (tertiary/aromatic N) is 4. The third-order valence-corrected chi connectivity index (χ3v) is 6.40. The number of carbonyl (C=O) groups is 1. The molecule has 1 unspecified atom stereocenters. The molecule has 1 aromatic heterocycles. The van der Waals surface area contributed by atoms with Crippen LogP contribution >= 0.6 is 0 Å². The fourth-order valence-electron chi connectivity index (χ4n) is 4.69. The highest BCUT2D eigenvalue weighted by molar-refractivity contribution is 5.89. The van der Waals surface area contributed by atoms with Crippen LogP contribution in [0.2, 0.25) is 0 Å². The SMILES string of the molecule is COC(=O)c1cccc(OCCN2CCCC(CN3CCN(c4ccccn4)CC3)C2)c1. The summed E-state index contributed by atoms with van der Waals surface area (Å²) in [6.07, 6.45) is 4.42. The van der Waals surface area contributed by atoms with Crippen LogP contribution in [-0.2, 0) is 4.74 Å². The second kappa shape index (κ2) is 11.3. The molecule has 2 aromatic rings. The third kappa shape index (κ3) is 6.20. The Balaban J connectivity index is 1.18. The highest BCUT2D eigenvalue weighted by Crippen LogP contribution is 2.20. The fraction of sp³-hybridized carbons (Fsp3) is 0.520. The van der Waals surface area contributed by atoms with Gasteiger partial charge < -0.3 is 14.4 Å². The molecule has 2 fully saturated rings. The summed E-state index contributed by atoms with van der Waals surface area (Å²) < 4.78 is 10.7. The van der Waals surface area contributed by atoms with Gasteiger partial charge in [-0.25, -0.2) is 9.78 Å². The van der Waals surface area contributed by atoms with E-state index in [9.17, 15) is 4.79 Å². The van der Waals surface area contributed by atoms with E-state index in [1.807, 2.05) is 24.4 Å². The predicted octanol–water partition coefficient (Wildman–Crippen LogP) is 2.78. The minimum Gasteiger partial charge on any atom is -0.492 e. The number of ether oxygens (including phenoxy) is 2. The van der Waals surface area contributed by atoms with Gasteiger partial charge in [0.25, 0.3) is 0 Å². The van der Waals surface area contributed by atoms with Crippen LogP contribution in [-0.4, -0.2) is 86.8 Å². The number of anilines is 1. The van der Waals surface area contributed by atoms with Crippen molar-refractivity contribution in [2.75, 3.05) is 71.0 Å². The molecule has 172 valence electrons. The molecule has 2 saturated heterocycles. The molecule has 0 amide bonds. The first-order valence-electron chi connectivity index (χ1n) is 11.6. The number of rotatable bonds is 8. The molecule has 7 heteroatoms. The van der Waals surface area contributed by atoms with Gasteiger partial charge in [-0.3, -0.25) is 9.80 Å². The highest BCUT2D eigenvalue weighted by atomic mass is 16.5. The monoisotopic (exact) mass is 438 g/mol. The predicted molar refractivity (Wildman–Crippen MR) is 125 cm³/mol. The molecular formula is C25H34N4O3. The Hall–Kier alpha value is -2.64. The molecule has 2 aliphatic heterocycles. The van der Waals surface area contributed by atoms with Crippen LogP contribution in [0.3, 0.4) is 0 Å². The van der Waals surface area contributed by atoms with Crippen molar-refractivity contribution < 1.29 is 14.3 Å². The van der Waals surface area contributed by atoms with Crippen LogP contribution in [0.25, 0.3) is 0 Å². The maximum Gasteiger partial charge on any atom is 0.337 e. The minimum atomic E-state index is -0.338. The van der Waals surface area contributed by atoms with Crippen LogP contribution < -0.4 is 9.64 Å². The average Bonchev–Trinajstić information content (AvgIpc) is 2.85. The largest absolute Gasteiger partial charge is 0.492 e. The van der Waals surface area contributed by atoms with Gasteiger partial charge in [0.05, 0.1) is 12.7 Å². The number of hydrogen-bond donors (Lipinski definition) is 0. The van der Waals surface area contributed by atoms with Gasteiger partial charge in [-0.2, -0.15) is 0 Å². The van der Waals surface area contributed by atoms with Crippen molar-refractivity contribution in [3.63, 3.8) is 0 Å². The Morgan fingerprint density at radius 2 is 1.94 bits per heavy atom. The van der Waals surface area contributed by atoms with Crippen molar-refractivity contribution in [2.45, 2.75) is 12.8 Å². The van der Waals surface area contributed by atoms with E-state index in [1.54, 1.807) is 12.1 Å². The standard InChI is InChI=1S/C25H34N4O3/c1-31-25(30)22-7-4-8-23(18-22)32-17-16-27-11-5-6-21(19-27)20-28-12-14-29(15-13-28)24-9-2-3-10-26-24/h2-4,7-10,18,21H,5-6,11-17,19-20H2,1H3. The lowest BCUT2D eigenvalue weighted by atomic mass is 9.97. The zero-order valence-electron chi connectivity index (χ0n) is 19.0. The van der Waals surface area contributed by atoms with E-state index < -0.39 is 0 Å². The lowest BCUT2D eigenvalue weighted by molar-refractivity contribution is 0.0600. The average molecular weight is 439 g/mol. The molecular weight excluding hydrogens is 404 g/mol. The number of pyridine rings is 1. The Kier molecular flexibility index (Phi) is 7.96. The summed E-state index contributed by atoms with van der Waals surface area (Å²) in [4.78, 5) is 23.7. The Labute approximate surface area is 190 Å². The maximum atomic E-state index is 11.7. The first-order valence-corrected chi connectivity index (χ1v) is 11.6. The first kappa shape index (κ1) is 22.6. The van der Waals surface area contributed by atoms with E-state index in [0.29, 0.717) is 23.8 Å². The zero-order chi connectivity index (χ0) is 22.2. The van der Waals surface area contributed by atoms with Crippen molar-refractivity contribution >= 4 is 11.8 Å². The molecule has 0 bridgehead atoms. The van der Waals surface area contributed by atoms with Gasteiger partial charge in [0.1, 0.15) is 18.2 Å². The summed E-state index contributed by atoms with van der Waals surface area (Å²) in [6.45, 7) is 9.28. The van der Waals surface area contributed by atoms with Gasteiger partial charge >= 0.3 is 5.97 Å². The van der Waals surface area contributed by atoms with Gasteiger partial charge in [0.15, 0.2) is 0 Å². The van der Waals surface area contributed by atoms with Crippen LogP contribution in [0.15, 0.2) is 48.7 Å². The van der Waals surface area contributed by atoms with E-state index in [1.165, 1.54) is 26.5 Å². The molecule has 0 N–H and O–H groups in total. The Morgan fingerprint density at radius 1 is 1.06 bits per heavy atom. The van der Waals surface area contributed by atoms with E-state index in [0.717, 1.165) is 51.6 Å². The first-order chi connectivity index (χ1) is 15.7. The lowest BCUT2D eigenvalue weighted by Gasteiger charge is -2.39. The van der Waals surface area contributed by atoms with Crippen LogP contribution in [0.1, 0.15) is 23.2 Å². The summed E-state index contributed by atoms with van der Waals surface area (Å²) in [6, 6.07) is 13.3. The van der Waals surface area contributed by atoms with Gasteiger partial charge in [-0.1, -0.05) is 12.1 Å². The van der Waals surface area contributed by atoms with Crippen molar-refractivity contribution in [1.29, 1.82) is 0 Å². The molecule has 0 radical (unpaired) electrons. The molecule has 0 saturated carbocycles. The molecule has 3 heterocycles. The van der Waals surface area contributed by atoms with Gasteiger partial charge in [-0.05, 0) is 55.6 Å². The summed E-state index contributed by atoms with van der Waals surface area (Å²) in [5, 5.41) is 0. The van der Waals surface area contributed by atoms with Crippen molar-refractivity contribution in [3.05, 3.63) is 54.2 Å². The van der Waals surface area contributed by atoms with Crippen LogP contribution in [0.4, 0.5) is 5.82 Å². The summed E-state index contributed by atoms with van der Waals surface area (Å²) >= 11 is 0. The quantitative estimate of drug-likeness (QED) is 0.588. The van der Waals surface area contributed by atoms with Gasteiger partial charge in [-0.15, -0.1) is 0 Å². The summed E-state index contributed by atoms with van der Waals surface area (Å²) in [7, 11) is 1.39. The molecule has 2 aliphatic rings. The second-order valence-corrected chi connectivity index (χ2v) is 8.65. The van der Waals surface area contributed by atoms with E-state index in [4.69, 9.17) is 9.47 Å². The number of methoxy groups -OCH3 is 1. The molecule has 7 nitrogen and oxygen atoms in total. The molecule has 0 spiro atoms. The normalized spacial score (nSPS) is 20.2.